The fourth-order valence-electron chi connectivity index (χ4n) is 2.93. The normalized spacial score (nSPS) is 20.5. The summed E-state index contributed by atoms with van der Waals surface area (Å²) < 4.78 is 0. The standard InChI is InChI=1S/C17H19N3O3S/c21-15(11-6-8-13(9-7-11)17(22)23)18-10-14-19-20-16(24-14)12-4-2-1-3-5-12/h1-5,11,13H,6-10H2,(H,18,21)(H,22,23). The van der Waals surface area contributed by atoms with Gasteiger partial charge in [0, 0.05) is 11.5 Å². The van der Waals surface area contributed by atoms with Gasteiger partial charge >= 0.3 is 5.97 Å². The van der Waals surface area contributed by atoms with Gasteiger partial charge in [-0.05, 0) is 25.7 Å². The van der Waals surface area contributed by atoms with Crippen LogP contribution < -0.4 is 5.32 Å². The maximum Gasteiger partial charge on any atom is 0.306 e. The molecule has 0 aliphatic heterocycles. The molecule has 1 fully saturated rings. The summed E-state index contributed by atoms with van der Waals surface area (Å²) in [6.45, 7) is 0.363. The van der Waals surface area contributed by atoms with Crippen LogP contribution in [0, 0.1) is 11.8 Å². The predicted molar refractivity (Wildman–Crippen MR) is 90.3 cm³/mol. The molecular weight excluding hydrogens is 326 g/mol. The Hall–Kier alpha value is -2.28. The number of aliphatic carboxylic acids is 1. The third-order valence-corrected chi connectivity index (χ3v) is 5.32. The Bertz CT molecular complexity index is 709. The zero-order valence-corrected chi connectivity index (χ0v) is 14.0. The largest absolute Gasteiger partial charge is 0.481 e. The molecule has 1 aliphatic rings. The van der Waals surface area contributed by atoms with Gasteiger partial charge < -0.3 is 10.4 Å². The van der Waals surface area contributed by atoms with Crippen LogP contribution in [0.4, 0.5) is 0 Å². The molecule has 1 aromatic carbocycles. The molecule has 1 aliphatic carbocycles. The van der Waals surface area contributed by atoms with E-state index in [0.29, 0.717) is 32.2 Å². The monoisotopic (exact) mass is 345 g/mol. The zero-order valence-electron chi connectivity index (χ0n) is 13.1. The molecule has 1 saturated carbocycles. The van der Waals surface area contributed by atoms with E-state index in [2.05, 4.69) is 15.5 Å². The van der Waals surface area contributed by atoms with E-state index in [9.17, 15) is 9.59 Å². The quantitative estimate of drug-likeness (QED) is 0.869. The van der Waals surface area contributed by atoms with Crippen molar-refractivity contribution in [3.05, 3.63) is 35.3 Å². The Labute approximate surface area is 143 Å². The first-order chi connectivity index (χ1) is 11.6. The lowest BCUT2D eigenvalue weighted by atomic mass is 9.81. The minimum absolute atomic E-state index is 0.0182. The lowest BCUT2D eigenvalue weighted by Gasteiger charge is -2.25. The number of carboxylic acids is 1. The average Bonchev–Trinajstić information content (AvgIpc) is 3.09. The van der Waals surface area contributed by atoms with Crippen molar-refractivity contribution in [2.75, 3.05) is 0 Å². The van der Waals surface area contributed by atoms with E-state index in [1.54, 1.807) is 0 Å². The van der Waals surface area contributed by atoms with Gasteiger partial charge in [-0.2, -0.15) is 0 Å². The van der Waals surface area contributed by atoms with Gasteiger partial charge in [0.1, 0.15) is 10.0 Å². The first-order valence-electron chi connectivity index (χ1n) is 8.02. The molecule has 0 saturated heterocycles. The van der Waals surface area contributed by atoms with Crippen LogP contribution in [0.5, 0.6) is 0 Å². The van der Waals surface area contributed by atoms with Crippen LogP contribution in [-0.4, -0.2) is 27.2 Å². The number of aromatic nitrogens is 2. The Balaban J connectivity index is 1.50. The molecule has 0 spiro atoms. The van der Waals surface area contributed by atoms with Gasteiger partial charge in [0.05, 0.1) is 12.5 Å². The van der Waals surface area contributed by atoms with Crippen molar-refractivity contribution in [2.45, 2.75) is 32.2 Å². The lowest BCUT2D eigenvalue weighted by Crippen LogP contribution is -2.34. The van der Waals surface area contributed by atoms with Crippen molar-refractivity contribution in [1.29, 1.82) is 0 Å². The zero-order chi connectivity index (χ0) is 16.9. The molecule has 0 bridgehead atoms. The molecule has 1 amide bonds. The smallest absolute Gasteiger partial charge is 0.306 e. The van der Waals surface area contributed by atoms with Crippen molar-refractivity contribution in [3.8, 4) is 10.6 Å². The summed E-state index contributed by atoms with van der Waals surface area (Å²) in [5.41, 5.74) is 1.01. The fourth-order valence-corrected chi connectivity index (χ4v) is 3.72. The molecule has 126 valence electrons. The Morgan fingerprint density at radius 1 is 1.08 bits per heavy atom. The van der Waals surface area contributed by atoms with Gasteiger partial charge in [0.25, 0.3) is 0 Å². The predicted octanol–water partition coefficient (Wildman–Crippen LogP) is 2.71. The Morgan fingerprint density at radius 3 is 2.42 bits per heavy atom. The van der Waals surface area contributed by atoms with Crippen molar-refractivity contribution in [2.24, 2.45) is 11.8 Å². The van der Waals surface area contributed by atoms with Crippen LogP contribution in [0.2, 0.25) is 0 Å². The number of benzene rings is 1. The second-order valence-corrected chi connectivity index (χ2v) is 7.03. The minimum Gasteiger partial charge on any atom is -0.481 e. The van der Waals surface area contributed by atoms with Crippen LogP contribution in [0.15, 0.2) is 30.3 Å². The second-order valence-electron chi connectivity index (χ2n) is 5.97. The van der Waals surface area contributed by atoms with Gasteiger partial charge in [0.2, 0.25) is 5.91 Å². The van der Waals surface area contributed by atoms with E-state index in [1.165, 1.54) is 11.3 Å². The highest BCUT2D eigenvalue weighted by Crippen LogP contribution is 2.29. The first-order valence-corrected chi connectivity index (χ1v) is 8.83. The van der Waals surface area contributed by atoms with Crippen molar-refractivity contribution in [1.82, 2.24) is 15.5 Å². The summed E-state index contributed by atoms with van der Waals surface area (Å²) in [4.78, 5) is 23.2. The van der Waals surface area contributed by atoms with Gasteiger partial charge in [-0.1, -0.05) is 41.7 Å². The molecule has 24 heavy (non-hydrogen) atoms. The summed E-state index contributed by atoms with van der Waals surface area (Å²) in [5, 5.41) is 21.8. The lowest BCUT2D eigenvalue weighted by molar-refractivity contribution is -0.144. The molecule has 6 nitrogen and oxygen atoms in total. The number of carbonyl (C=O) groups is 2. The molecule has 2 N–H and O–H groups in total. The van der Waals surface area contributed by atoms with Gasteiger partial charge in [-0.25, -0.2) is 0 Å². The van der Waals surface area contributed by atoms with Crippen LogP contribution in [0.25, 0.3) is 10.6 Å². The molecule has 0 radical (unpaired) electrons. The van der Waals surface area contributed by atoms with Crippen LogP contribution in [-0.2, 0) is 16.1 Å². The SMILES string of the molecule is O=C(O)C1CCC(C(=O)NCc2nnc(-c3ccccc3)s2)CC1. The number of carboxylic acid groups (broad SMARTS) is 1. The highest BCUT2D eigenvalue weighted by Gasteiger charge is 2.29. The van der Waals surface area contributed by atoms with Crippen LogP contribution >= 0.6 is 11.3 Å². The van der Waals surface area contributed by atoms with Crippen LogP contribution in [0.1, 0.15) is 30.7 Å². The van der Waals surface area contributed by atoms with E-state index in [1.807, 2.05) is 30.3 Å². The Kier molecular flexibility index (Phi) is 5.20. The second kappa shape index (κ2) is 7.53. The molecule has 0 atom stereocenters. The summed E-state index contributed by atoms with van der Waals surface area (Å²) in [7, 11) is 0. The average molecular weight is 345 g/mol. The summed E-state index contributed by atoms with van der Waals surface area (Å²) in [6.07, 6.45) is 2.41. The maximum absolute atomic E-state index is 12.2. The van der Waals surface area contributed by atoms with E-state index < -0.39 is 5.97 Å². The van der Waals surface area contributed by atoms with E-state index in [0.717, 1.165) is 15.6 Å². The molecule has 3 rings (SSSR count). The first kappa shape index (κ1) is 16.6. The van der Waals surface area contributed by atoms with Gasteiger partial charge in [-0.3, -0.25) is 9.59 Å². The summed E-state index contributed by atoms with van der Waals surface area (Å²) in [5.74, 6) is -1.17. The fraction of sp³-hybridized carbons (Fsp3) is 0.412. The molecule has 1 aromatic heterocycles. The number of amides is 1. The molecular formula is C17H19N3O3S. The number of hydrogen-bond donors (Lipinski definition) is 2. The minimum atomic E-state index is -0.754. The van der Waals surface area contributed by atoms with Crippen molar-refractivity contribution in [3.63, 3.8) is 0 Å². The van der Waals surface area contributed by atoms with E-state index in [-0.39, 0.29) is 17.7 Å². The summed E-state index contributed by atoms with van der Waals surface area (Å²) in [6, 6.07) is 9.80. The third-order valence-electron chi connectivity index (χ3n) is 4.35. The Morgan fingerprint density at radius 2 is 1.75 bits per heavy atom. The molecule has 1 heterocycles. The number of nitrogens with one attached hydrogen (secondary N) is 1. The van der Waals surface area contributed by atoms with Crippen LogP contribution in [0.3, 0.4) is 0 Å². The van der Waals surface area contributed by atoms with Crippen molar-refractivity contribution >= 4 is 23.2 Å². The third kappa shape index (κ3) is 3.97. The number of carbonyl (C=O) groups excluding carboxylic acids is 1. The number of nitrogens with zero attached hydrogens (tertiary/aromatic N) is 2. The highest BCUT2D eigenvalue weighted by atomic mass is 32.1. The topological polar surface area (TPSA) is 92.2 Å². The summed E-state index contributed by atoms with van der Waals surface area (Å²) >= 11 is 1.46. The maximum atomic E-state index is 12.2. The number of rotatable bonds is 5. The molecule has 2 aromatic rings. The van der Waals surface area contributed by atoms with E-state index >= 15 is 0 Å². The molecule has 7 heteroatoms. The van der Waals surface area contributed by atoms with Crippen molar-refractivity contribution < 1.29 is 14.7 Å². The highest BCUT2D eigenvalue weighted by molar-refractivity contribution is 7.14. The van der Waals surface area contributed by atoms with Gasteiger partial charge in [0.15, 0.2) is 0 Å². The van der Waals surface area contributed by atoms with Gasteiger partial charge in [-0.15, -0.1) is 10.2 Å². The number of hydrogen-bond acceptors (Lipinski definition) is 5. The molecule has 0 unspecified atom stereocenters. The van der Waals surface area contributed by atoms with E-state index in [4.69, 9.17) is 5.11 Å².